The van der Waals surface area contributed by atoms with Crippen LogP contribution >= 0.6 is 11.6 Å². The summed E-state index contributed by atoms with van der Waals surface area (Å²) >= 11 is 5.73. The second-order valence-corrected chi connectivity index (χ2v) is 7.59. The van der Waals surface area contributed by atoms with Crippen molar-refractivity contribution in [2.45, 2.75) is 18.8 Å². The van der Waals surface area contributed by atoms with Crippen molar-refractivity contribution in [2.24, 2.45) is 11.8 Å². The minimum absolute atomic E-state index is 0.145. The van der Waals surface area contributed by atoms with Crippen LogP contribution in [0.25, 0.3) is 0 Å². The Morgan fingerprint density at radius 3 is 2.76 bits per heavy atom. The second-order valence-electron chi connectivity index (χ2n) is 7.18. The van der Waals surface area contributed by atoms with Gasteiger partial charge in [-0.2, -0.15) is 0 Å². The van der Waals surface area contributed by atoms with Gasteiger partial charge in [0.15, 0.2) is 0 Å². The third-order valence-corrected chi connectivity index (χ3v) is 5.58. The van der Waals surface area contributed by atoms with Crippen LogP contribution in [-0.4, -0.2) is 40.7 Å². The van der Waals surface area contributed by atoms with Gasteiger partial charge in [-0.1, -0.05) is 41.9 Å². The average Bonchev–Trinajstić information content (AvgIpc) is 3.08. The van der Waals surface area contributed by atoms with Crippen LogP contribution in [0.2, 0.25) is 5.02 Å². The summed E-state index contributed by atoms with van der Waals surface area (Å²) in [5.74, 6) is -3.48. The number of nitrogens with zero attached hydrogens (tertiary/aromatic N) is 1. The fourth-order valence-corrected chi connectivity index (χ4v) is 3.98. The van der Waals surface area contributed by atoms with Gasteiger partial charge in [0, 0.05) is 24.7 Å². The summed E-state index contributed by atoms with van der Waals surface area (Å²) in [4.78, 5) is 25.3. The number of carbonyl (C=O) groups is 2. The molecule has 4 atom stereocenters. The number of rotatable bonds is 4. The molecule has 4 rings (SSSR count). The van der Waals surface area contributed by atoms with Crippen molar-refractivity contribution >= 4 is 29.1 Å². The van der Waals surface area contributed by atoms with Gasteiger partial charge >= 0.3 is 0 Å². The van der Waals surface area contributed by atoms with Crippen LogP contribution in [0.4, 0.5) is 10.1 Å². The normalized spacial score (nSPS) is 26.7. The molecular formula is C20H20ClFN4O3. The lowest BCUT2D eigenvalue weighted by Crippen LogP contribution is -2.62. The van der Waals surface area contributed by atoms with Gasteiger partial charge in [-0.25, -0.2) is 9.40 Å². The fraction of sp³-hybridized carbons (Fsp3) is 0.300. The van der Waals surface area contributed by atoms with Gasteiger partial charge in [-0.15, -0.1) is 0 Å². The van der Waals surface area contributed by atoms with E-state index in [1.807, 2.05) is 35.3 Å². The molecular weight excluding hydrogens is 399 g/mol. The molecule has 2 aromatic rings. The first-order chi connectivity index (χ1) is 13.9. The molecule has 0 bridgehead atoms. The molecule has 152 valence electrons. The van der Waals surface area contributed by atoms with E-state index in [1.54, 1.807) is 0 Å². The van der Waals surface area contributed by atoms with E-state index >= 15 is 0 Å². The molecule has 0 spiro atoms. The Balaban J connectivity index is 1.46. The van der Waals surface area contributed by atoms with E-state index in [-0.39, 0.29) is 16.6 Å². The van der Waals surface area contributed by atoms with E-state index in [1.165, 1.54) is 12.1 Å². The van der Waals surface area contributed by atoms with Crippen molar-refractivity contribution in [2.75, 3.05) is 11.9 Å². The Labute approximate surface area is 171 Å². The highest BCUT2D eigenvalue weighted by molar-refractivity contribution is 6.31. The predicted molar refractivity (Wildman–Crippen MR) is 105 cm³/mol. The first-order valence-electron chi connectivity index (χ1n) is 9.22. The lowest BCUT2D eigenvalue weighted by molar-refractivity contribution is -0.146. The van der Waals surface area contributed by atoms with Gasteiger partial charge in [0.05, 0.1) is 11.1 Å². The molecule has 9 heteroatoms. The molecule has 0 radical (unpaired) electrons. The highest BCUT2D eigenvalue weighted by Crippen LogP contribution is 2.30. The Kier molecular flexibility index (Phi) is 5.51. The van der Waals surface area contributed by atoms with Crippen LogP contribution in [0.1, 0.15) is 5.56 Å². The quantitative estimate of drug-likeness (QED) is 0.564. The summed E-state index contributed by atoms with van der Waals surface area (Å²) < 4.78 is 13.3. The van der Waals surface area contributed by atoms with Crippen molar-refractivity contribution in [1.82, 2.24) is 15.8 Å². The lowest BCUT2D eigenvalue weighted by Gasteiger charge is -2.38. The van der Waals surface area contributed by atoms with Crippen LogP contribution in [0.3, 0.4) is 0 Å². The largest absolute Gasteiger partial charge is 0.391 e. The maximum absolute atomic E-state index is 13.3. The smallest absolute Gasteiger partial charge is 0.239 e. The first kappa shape index (κ1) is 19.8. The van der Waals surface area contributed by atoms with Crippen molar-refractivity contribution in [3.05, 3.63) is 64.9 Å². The molecule has 7 nitrogen and oxygen atoms in total. The molecule has 2 amide bonds. The van der Waals surface area contributed by atoms with Crippen molar-refractivity contribution in [3.63, 3.8) is 0 Å². The number of anilines is 1. The SMILES string of the molecule is O=C(Nc1ccc(F)c(Cl)c1)C1C(=O)NC2C(CNN2Cc2ccccc2)C1O. The third-order valence-electron chi connectivity index (χ3n) is 5.29. The van der Waals surface area contributed by atoms with Crippen molar-refractivity contribution < 1.29 is 19.1 Å². The van der Waals surface area contributed by atoms with Gasteiger partial charge in [-0.3, -0.25) is 15.0 Å². The summed E-state index contributed by atoms with van der Waals surface area (Å²) in [6.45, 7) is 0.963. The van der Waals surface area contributed by atoms with Gasteiger partial charge in [0.1, 0.15) is 17.9 Å². The number of carbonyl (C=O) groups excluding carboxylic acids is 2. The molecule has 4 N–H and O–H groups in total. The van der Waals surface area contributed by atoms with Gasteiger partial charge in [0.25, 0.3) is 0 Å². The van der Waals surface area contributed by atoms with E-state index in [4.69, 9.17) is 11.6 Å². The van der Waals surface area contributed by atoms with Crippen LogP contribution < -0.4 is 16.1 Å². The van der Waals surface area contributed by atoms with Crippen LogP contribution in [-0.2, 0) is 16.1 Å². The first-order valence-corrected chi connectivity index (χ1v) is 9.60. The maximum Gasteiger partial charge on any atom is 0.239 e. The van der Waals surface area contributed by atoms with E-state index in [9.17, 15) is 19.1 Å². The molecule has 0 saturated carbocycles. The Morgan fingerprint density at radius 1 is 1.28 bits per heavy atom. The number of amides is 2. The minimum Gasteiger partial charge on any atom is -0.391 e. The van der Waals surface area contributed by atoms with Crippen LogP contribution in [0.15, 0.2) is 48.5 Å². The number of hydrogen-bond acceptors (Lipinski definition) is 5. The highest BCUT2D eigenvalue weighted by atomic mass is 35.5. The molecule has 4 unspecified atom stereocenters. The summed E-state index contributed by atoms with van der Waals surface area (Å²) in [5, 5.41) is 17.8. The molecule has 2 aliphatic rings. The summed E-state index contributed by atoms with van der Waals surface area (Å²) in [6, 6.07) is 13.4. The minimum atomic E-state index is -1.28. The zero-order valence-corrected chi connectivity index (χ0v) is 16.1. The predicted octanol–water partition coefficient (Wildman–Crippen LogP) is 1.49. The molecule has 2 fully saturated rings. The lowest BCUT2D eigenvalue weighted by atomic mass is 9.84. The third kappa shape index (κ3) is 3.97. The average molecular weight is 419 g/mol. The Bertz CT molecular complexity index is 929. The molecule has 29 heavy (non-hydrogen) atoms. The van der Waals surface area contributed by atoms with E-state index in [0.717, 1.165) is 11.6 Å². The van der Waals surface area contributed by atoms with Gasteiger partial charge in [-0.05, 0) is 23.8 Å². The number of piperidine rings is 1. The number of aliphatic hydroxyl groups excluding tert-OH is 1. The number of benzene rings is 2. The summed E-state index contributed by atoms with van der Waals surface area (Å²) in [7, 11) is 0. The second kappa shape index (κ2) is 8.08. The number of nitrogens with one attached hydrogen (secondary N) is 3. The fourth-order valence-electron chi connectivity index (χ4n) is 3.80. The van der Waals surface area contributed by atoms with E-state index in [0.29, 0.717) is 13.1 Å². The summed E-state index contributed by atoms with van der Waals surface area (Å²) in [5.41, 5.74) is 4.49. The molecule has 2 aromatic carbocycles. The zero-order valence-electron chi connectivity index (χ0n) is 15.3. The number of hydrogen-bond donors (Lipinski definition) is 4. The topological polar surface area (TPSA) is 93.7 Å². The van der Waals surface area contributed by atoms with Crippen LogP contribution in [0, 0.1) is 17.7 Å². The van der Waals surface area contributed by atoms with E-state index in [2.05, 4.69) is 16.1 Å². The van der Waals surface area contributed by atoms with Gasteiger partial charge < -0.3 is 15.7 Å². The standard InChI is InChI=1S/C20H20ClFN4O3/c21-14-8-12(6-7-15(14)22)24-19(28)16-17(27)13-9-23-26(18(13)25-20(16)29)10-11-4-2-1-3-5-11/h1-8,13,16-18,23,27H,9-10H2,(H,24,28)(H,25,29). The highest BCUT2D eigenvalue weighted by Gasteiger charge is 2.51. The molecule has 0 aliphatic carbocycles. The van der Waals surface area contributed by atoms with Crippen molar-refractivity contribution in [3.8, 4) is 0 Å². The Morgan fingerprint density at radius 2 is 2.03 bits per heavy atom. The molecule has 2 heterocycles. The summed E-state index contributed by atoms with van der Waals surface area (Å²) in [6.07, 6.45) is -1.60. The number of fused-ring (bicyclic) bond motifs is 1. The molecule has 2 aliphatic heterocycles. The monoisotopic (exact) mass is 418 g/mol. The number of halogens is 2. The Hall–Kier alpha value is -2.52. The number of hydrazine groups is 1. The molecule has 2 saturated heterocycles. The van der Waals surface area contributed by atoms with Gasteiger partial charge in [0.2, 0.25) is 11.8 Å². The number of aliphatic hydroxyl groups is 1. The van der Waals surface area contributed by atoms with E-state index < -0.39 is 35.8 Å². The maximum atomic E-state index is 13.3. The zero-order chi connectivity index (χ0) is 20.5. The van der Waals surface area contributed by atoms with Crippen molar-refractivity contribution in [1.29, 1.82) is 0 Å². The molecule has 0 aromatic heterocycles. The van der Waals surface area contributed by atoms with Crippen LogP contribution in [0.5, 0.6) is 0 Å².